The lowest BCUT2D eigenvalue weighted by Gasteiger charge is -2.08. The lowest BCUT2D eigenvalue weighted by atomic mass is 10.2. The van der Waals surface area contributed by atoms with Gasteiger partial charge in [-0.25, -0.2) is 0 Å². The van der Waals surface area contributed by atoms with Crippen LogP contribution in [-0.2, 0) is 11.0 Å². The van der Waals surface area contributed by atoms with E-state index in [-0.39, 0.29) is 0 Å². The summed E-state index contributed by atoms with van der Waals surface area (Å²) in [7, 11) is 1.47. The molecular formula is C16H13F3N2O3. The number of hydrogen-bond acceptors (Lipinski definition) is 3. The van der Waals surface area contributed by atoms with Gasteiger partial charge in [0.1, 0.15) is 11.4 Å². The molecule has 24 heavy (non-hydrogen) atoms. The molecule has 126 valence electrons. The van der Waals surface area contributed by atoms with Gasteiger partial charge in [0, 0.05) is 17.8 Å². The molecule has 0 spiro atoms. The van der Waals surface area contributed by atoms with Gasteiger partial charge in [0.25, 0.3) is 5.56 Å². The molecule has 5 nitrogen and oxygen atoms in total. The molecule has 0 fully saturated rings. The summed E-state index contributed by atoms with van der Waals surface area (Å²) in [6, 6.07) is 7.44. The predicted molar refractivity (Wildman–Crippen MR) is 82.7 cm³/mol. The highest BCUT2D eigenvalue weighted by Crippen LogP contribution is 2.29. The van der Waals surface area contributed by atoms with E-state index in [0.717, 1.165) is 6.08 Å². The average molecular weight is 338 g/mol. The Morgan fingerprint density at radius 2 is 2.00 bits per heavy atom. The Labute approximate surface area is 134 Å². The lowest BCUT2D eigenvalue weighted by Crippen LogP contribution is -2.20. The SMILES string of the molecule is COc1ccccc1/C=C/C(=O)Nc1cc(C(F)(F)F)c[nH]c1=O. The minimum absolute atomic E-state index is 0.487. The quantitative estimate of drug-likeness (QED) is 0.842. The first-order chi connectivity index (χ1) is 11.3. The summed E-state index contributed by atoms with van der Waals surface area (Å²) in [6.45, 7) is 0. The van der Waals surface area contributed by atoms with Crippen LogP contribution < -0.4 is 15.6 Å². The molecule has 0 atom stereocenters. The van der Waals surface area contributed by atoms with Crippen molar-refractivity contribution >= 4 is 17.7 Å². The zero-order chi connectivity index (χ0) is 17.7. The summed E-state index contributed by atoms with van der Waals surface area (Å²) in [5.41, 5.74) is -1.78. The zero-order valence-corrected chi connectivity index (χ0v) is 12.5. The number of pyridine rings is 1. The van der Waals surface area contributed by atoms with Crippen LogP contribution in [0.1, 0.15) is 11.1 Å². The number of amides is 1. The second-order valence-electron chi connectivity index (χ2n) is 4.69. The largest absolute Gasteiger partial charge is 0.496 e. The number of para-hydroxylation sites is 1. The summed E-state index contributed by atoms with van der Waals surface area (Å²) >= 11 is 0. The number of aromatic amines is 1. The van der Waals surface area contributed by atoms with Gasteiger partial charge in [-0.3, -0.25) is 9.59 Å². The minimum atomic E-state index is -4.63. The van der Waals surface area contributed by atoms with E-state index in [1.807, 2.05) is 4.98 Å². The molecule has 0 aliphatic carbocycles. The zero-order valence-electron chi connectivity index (χ0n) is 12.5. The molecule has 0 radical (unpaired) electrons. The third-order valence-electron chi connectivity index (χ3n) is 3.04. The number of halogens is 3. The van der Waals surface area contributed by atoms with Crippen LogP contribution in [0, 0.1) is 0 Å². The van der Waals surface area contributed by atoms with Gasteiger partial charge in [0.05, 0.1) is 12.7 Å². The van der Waals surface area contributed by atoms with Crippen LogP contribution in [0.25, 0.3) is 6.08 Å². The number of benzene rings is 1. The topological polar surface area (TPSA) is 71.2 Å². The molecule has 1 aromatic carbocycles. The summed E-state index contributed by atoms with van der Waals surface area (Å²) in [4.78, 5) is 25.3. The van der Waals surface area contributed by atoms with Crippen molar-refractivity contribution in [3.63, 3.8) is 0 Å². The number of aromatic nitrogens is 1. The molecule has 1 heterocycles. The van der Waals surface area contributed by atoms with Gasteiger partial charge >= 0.3 is 6.18 Å². The van der Waals surface area contributed by atoms with Crippen LogP contribution in [0.15, 0.2) is 47.4 Å². The molecule has 0 aliphatic rings. The maximum absolute atomic E-state index is 12.6. The van der Waals surface area contributed by atoms with Gasteiger partial charge in [-0.2, -0.15) is 13.2 Å². The van der Waals surface area contributed by atoms with Crippen molar-refractivity contribution in [2.75, 3.05) is 12.4 Å². The maximum Gasteiger partial charge on any atom is 0.417 e. The van der Waals surface area contributed by atoms with E-state index in [1.165, 1.54) is 13.2 Å². The highest BCUT2D eigenvalue weighted by molar-refractivity contribution is 6.02. The number of methoxy groups -OCH3 is 1. The third-order valence-corrected chi connectivity index (χ3v) is 3.04. The summed E-state index contributed by atoms with van der Waals surface area (Å²) < 4.78 is 43.0. The van der Waals surface area contributed by atoms with E-state index in [0.29, 0.717) is 23.6 Å². The third kappa shape index (κ3) is 4.25. The number of anilines is 1. The van der Waals surface area contributed by atoms with Crippen molar-refractivity contribution in [3.05, 3.63) is 64.1 Å². The van der Waals surface area contributed by atoms with Gasteiger partial charge in [0.2, 0.25) is 5.91 Å². The van der Waals surface area contributed by atoms with E-state index >= 15 is 0 Å². The average Bonchev–Trinajstić information content (AvgIpc) is 2.54. The van der Waals surface area contributed by atoms with Crippen LogP contribution in [-0.4, -0.2) is 18.0 Å². The molecule has 0 saturated carbocycles. The van der Waals surface area contributed by atoms with Crippen molar-refractivity contribution in [2.24, 2.45) is 0 Å². The fraction of sp³-hybridized carbons (Fsp3) is 0.125. The Hall–Kier alpha value is -3.03. The van der Waals surface area contributed by atoms with Crippen LogP contribution in [0.5, 0.6) is 5.75 Å². The predicted octanol–water partition coefficient (Wildman–Crippen LogP) is 3.05. The number of nitrogens with one attached hydrogen (secondary N) is 2. The molecule has 0 bridgehead atoms. The Morgan fingerprint density at radius 1 is 1.29 bits per heavy atom. The molecule has 8 heteroatoms. The summed E-state index contributed by atoms with van der Waals surface area (Å²) in [5.74, 6) is -0.218. The van der Waals surface area contributed by atoms with Crippen LogP contribution in [0.2, 0.25) is 0 Å². The molecule has 2 N–H and O–H groups in total. The van der Waals surface area contributed by atoms with E-state index in [2.05, 4.69) is 5.32 Å². The second-order valence-corrected chi connectivity index (χ2v) is 4.69. The van der Waals surface area contributed by atoms with Gasteiger partial charge < -0.3 is 15.0 Å². The first-order valence-corrected chi connectivity index (χ1v) is 6.73. The molecule has 0 unspecified atom stereocenters. The van der Waals surface area contributed by atoms with Gasteiger partial charge in [0.15, 0.2) is 0 Å². The molecule has 1 aromatic heterocycles. The minimum Gasteiger partial charge on any atom is -0.496 e. The van der Waals surface area contributed by atoms with E-state index in [9.17, 15) is 22.8 Å². The van der Waals surface area contributed by atoms with Crippen LogP contribution >= 0.6 is 0 Å². The molecule has 2 rings (SSSR count). The number of H-pyrrole nitrogens is 1. The smallest absolute Gasteiger partial charge is 0.417 e. The van der Waals surface area contributed by atoms with E-state index in [1.54, 1.807) is 24.3 Å². The molecule has 1 amide bonds. The molecule has 0 saturated heterocycles. The maximum atomic E-state index is 12.6. The van der Waals surface area contributed by atoms with E-state index in [4.69, 9.17) is 4.74 Å². The highest BCUT2D eigenvalue weighted by atomic mass is 19.4. The van der Waals surface area contributed by atoms with Crippen molar-refractivity contribution in [3.8, 4) is 5.75 Å². The number of carbonyl (C=O) groups is 1. The van der Waals surface area contributed by atoms with Crippen molar-refractivity contribution in [1.82, 2.24) is 4.98 Å². The second kappa shape index (κ2) is 7.03. The van der Waals surface area contributed by atoms with Crippen LogP contribution in [0.3, 0.4) is 0 Å². The summed E-state index contributed by atoms with van der Waals surface area (Å²) in [5, 5.41) is 2.12. The Morgan fingerprint density at radius 3 is 2.67 bits per heavy atom. The Bertz CT molecular complexity index is 826. The number of alkyl halides is 3. The fourth-order valence-electron chi connectivity index (χ4n) is 1.88. The Balaban J connectivity index is 2.18. The van der Waals surface area contributed by atoms with Gasteiger partial charge in [-0.15, -0.1) is 0 Å². The van der Waals surface area contributed by atoms with Crippen molar-refractivity contribution in [2.45, 2.75) is 6.18 Å². The van der Waals surface area contributed by atoms with Crippen molar-refractivity contribution < 1.29 is 22.7 Å². The Kier molecular flexibility index (Phi) is 5.08. The molecule has 2 aromatic rings. The van der Waals surface area contributed by atoms with Gasteiger partial charge in [-0.05, 0) is 18.2 Å². The molecular weight excluding hydrogens is 325 g/mol. The first-order valence-electron chi connectivity index (χ1n) is 6.73. The number of rotatable bonds is 4. The van der Waals surface area contributed by atoms with Crippen molar-refractivity contribution in [1.29, 1.82) is 0 Å². The number of ether oxygens (including phenoxy) is 1. The monoisotopic (exact) mass is 338 g/mol. The van der Waals surface area contributed by atoms with E-state index < -0.39 is 28.9 Å². The number of carbonyl (C=O) groups excluding carboxylic acids is 1. The summed E-state index contributed by atoms with van der Waals surface area (Å²) in [6.07, 6.45) is -1.56. The number of hydrogen-bond donors (Lipinski definition) is 2. The highest BCUT2D eigenvalue weighted by Gasteiger charge is 2.31. The first kappa shape index (κ1) is 17.3. The lowest BCUT2D eigenvalue weighted by molar-refractivity contribution is -0.137. The van der Waals surface area contributed by atoms with Gasteiger partial charge in [-0.1, -0.05) is 18.2 Å². The standard InChI is InChI=1S/C16H13F3N2O3/c1-24-13-5-3-2-4-10(13)6-7-14(22)21-12-8-11(16(17,18)19)9-20-15(12)23/h2-9H,1H3,(H,20,23)(H,21,22)/b7-6+. The van der Waals surface area contributed by atoms with Crippen LogP contribution in [0.4, 0.5) is 18.9 Å². The molecule has 0 aliphatic heterocycles. The fourth-order valence-corrected chi connectivity index (χ4v) is 1.88. The normalized spacial score (nSPS) is 11.5.